The van der Waals surface area contributed by atoms with E-state index in [1.165, 1.54) is 0 Å². The molecule has 6 heteroatoms. The molecule has 2 aliphatic rings. The van der Waals surface area contributed by atoms with E-state index in [4.69, 9.17) is 9.47 Å². The summed E-state index contributed by atoms with van der Waals surface area (Å²) in [7, 11) is 3.63. The molecule has 0 aliphatic carbocycles. The largest absolute Gasteiger partial charge is 0.375 e. The smallest absolute Gasteiger partial charge is 0.236 e. The van der Waals surface area contributed by atoms with Gasteiger partial charge in [-0.15, -0.1) is 0 Å². The summed E-state index contributed by atoms with van der Waals surface area (Å²) in [6.45, 7) is 6.55. The quantitative estimate of drug-likeness (QED) is 0.684. The zero-order chi connectivity index (χ0) is 19.3. The maximum atomic E-state index is 11.9. The molecule has 1 amide bonds. The highest BCUT2D eigenvalue weighted by molar-refractivity contribution is 5.77. The van der Waals surface area contributed by atoms with Crippen molar-refractivity contribution >= 4 is 5.91 Å². The van der Waals surface area contributed by atoms with Crippen LogP contribution in [-0.2, 0) is 20.9 Å². The molecule has 1 unspecified atom stereocenters. The molecular formula is C21H33N3O3. The lowest BCUT2D eigenvalue weighted by Crippen LogP contribution is -2.50. The van der Waals surface area contributed by atoms with Crippen LogP contribution >= 0.6 is 0 Å². The summed E-state index contributed by atoms with van der Waals surface area (Å²) in [6.07, 6.45) is 4.17. The molecule has 0 bridgehead atoms. The van der Waals surface area contributed by atoms with Gasteiger partial charge in [-0.2, -0.15) is 0 Å². The summed E-state index contributed by atoms with van der Waals surface area (Å²) in [4.78, 5) is 20.3. The van der Waals surface area contributed by atoms with Crippen LogP contribution in [0, 0.1) is 12.8 Å². The van der Waals surface area contributed by atoms with Gasteiger partial charge < -0.3 is 14.4 Å². The van der Waals surface area contributed by atoms with E-state index in [9.17, 15) is 4.79 Å². The van der Waals surface area contributed by atoms with Crippen LogP contribution in [0.15, 0.2) is 18.2 Å². The van der Waals surface area contributed by atoms with Crippen LogP contribution in [-0.4, -0.2) is 73.2 Å². The van der Waals surface area contributed by atoms with Gasteiger partial charge >= 0.3 is 0 Å². The number of nitrogens with zero attached hydrogens (tertiary/aromatic N) is 3. The molecule has 0 aromatic carbocycles. The zero-order valence-corrected chi connectivity index (χ0v) is 16.9. The summed E-state index contributed by atoms with van der Waals surface area (Å²) in [5.41, 5.74) is 2.01. The minimum atomic E-state index is -0.0113. The second kappa shape index (κ2) is 9.13. The van der Waals surface area contributed by atoms with Crippen molar-refractivity contribution < 1.29 is 14.3 Å². The fourth-order valence-corrected chi connectivity index (χ4v) is 4.25. The second-order valence-electron chi connectivity index (χ2n) is 8.07. The number of carbonyl (C=O) groups excluding carboxylic acids is 1. The Kier molecular flexibility index (Phi) is 6.84. The number of likely N-dealkylation sites (tertiary alicyclic amines) is 1. The van der Waals surface area contributed by atoms with Crippen LogP contribution in [0.5, 0.6) is 0 Å². The average molecular weight is 376 g/mol. The number of rotatable bonds is 7. The molecule has 150 valence electrons. The lowest BCUT2D eigenvalue weighted by molar-refractivity contribution is -0.132. The van der Waals surface area contributed by atoms with Crippen molar-refractivity contribution in [2.24, 2.45) is 5.92 Å². The van der Waals surface area contributed by atoms with Crippen molar-refractivity contribution in [3.63, 3.8) is 0 Å². The SMILES string of the molecule is Cc1cccc(COCCC2CCOC23CCN(CC(=O)N(C)C)CC3)n1. The number of likely N-dealkylation sites (N-methyl/N-ethyl adjacent to an activating group) is 1. The Hall–Kier alpha value is -1.50. The third-order valence-electron chi connectivity index (χ3n) is 5.97. The van der Waals surface area contributed by atoms with Crippen LogP contribution in [0.4, 0.5) is 0 Å². The van der Waals surface area contributed by atoms with E-state index in [0.29, 0.717) is 19.1 Å². The number of carbonyl (C=O) groups is 1. The van der Waals surface area contributed by atoms with Crippen LogP contribution in [0.3, 0.4) is 0 Å². The molecule has 1 aromatic heterocycles. The Bertz CT molecular complexity index is 627. The normalized spacial score (nSPS) is 22.3. The predicted octanol–water partition coefficient (Wildman–Crippen LogP) is 2.26. The predicted molar refractivity (Wildman–Crippen MR) is 104 cm³/mol. The monoisotopic (exact) mass is 375 g/mol. The molecule has 0 N–H and O–H groups in total. The van der Waals surface area contributed by atoms with Crippen molar-refractivity contribution in [3.05, 3.63) is 29.6 Å². The van der Waals surface area contributed by atoms with Gasteiger partial charge in [0, 0.05) is 46.1 Å². The van der Waals surface area contributed by atoms with Gasteiger partial charge in [0.15, 0.2) is 0 Å². The fourth-order valence-electron chi connectivity index (χ4n) is 4.25. The first-order chi connectivity index (χ1) is 13.0. The molecule has 0 radical (unpaired) electrons. The van der Waals surface area contributed by atoms with Gasteiger partial charge in [-0.25, -0.2) is 0 Å². The summed E-state index contributed by atoms with van der Waals surface area (Å²) in [6, 6.07) is 6.04. The van der Waals surface area contributed by atoms with Crippen molar-refractivity contribution in [1.82, 2.24) is 14.8 Å². The number of aromatic nitrogens is 1. The Labute approximate surface area is 162 Å². The van der Waals surface area contributed by atoms with Crippen LogP contribution in [0.2, 0.25) is 0 Å². The van der Waals surface area contributed by atoms with Gasteiger partial charge in [0.05, 0.1) is 24.4 Å². The minimum Gasteiger partial charge on any atom is -0.375 e. The summed E-state index contributed by atoms with van der Waals surface area (Å²) >= 11 is 0. The summed E-state index contributed by atoms with van der Waals surface area (Å²) in [5.74, 6) is 0.725. The Morgan fingerprint density at radius 3 is 2.85 bits per heavy atom. The van der Waals surface area contributed by atoms with Gasteiger partial charge in [-0.05, 0) is 50.7 Å². The molecule has 2 saturated heterocycles. The van der Waals surface area contributed by atoms with Crippen LogP contribution < -0.4 is 0 Å². The molecular weight excluding hydrogens is 342 g/mol. The maximum Gasteiger partial charge on any atom is 0.236 e. The lowest BCUT2D eigenvalue weighted by Gasteiger charge is -2.42. The van der Waals surface area contributed by atoms with Gasteiger partial charge in [-0.3, -0.25) is 14.7 Å². The van der Waals surface area contributed by atoms with E-state index >= 15 is 0 Å². The first-order valence-corrected chi connectivity index (χ1v) is 10.1. The highest BCUT2D eigenvalue weighted by atomic mass is 16.5. The van der Waals surface area contributed by atoms with E-state index in [0.717, 1.165) is 63.4 Å². The molecule has 2 aliphatic heterocycles. The first kappa shape index (κ1) is 20.2. The van der Waals surface area contributed by atoms with Gasteiger partial charge in [-0.1, -0.05) is 6.07 Å². The number of hydrogen-bond donors (Lipinski definition) is 0. The maximum absolute atomic E-state index is 11.9. The van der Waals surface area contributed by atoms with Crippen LogP contribution in [0.25, 0.3) is 0 Å². The Morgan fingerprint density at radius 1 is 1.37 bits per heavy atom. The third kappa shape index (κ3) is 5.27. The zero-order valence-electron chi connectivity index (χ0n) is 16.9. The van der Waals surface area contributed by atoms with E-state index < -0.39 is 0 Å². The molecule has 1 aromatic rings. The van der Waals surface area contributed by atoms with Crippen molar-refractivity contribution in [2.45, 2.75) is 44.8 Å². The number of piperidine rings is 1. The topological polar surface area (TPSA) is 54.9 Å². The van der Waals surface area contributed by atoms with E-state index in [-0.39, 0.29) is 11.5 Å². The van der Waals surface area contributed by atoms with Crippen molar-refractivity contribution in [1.29, 1.82) is 0 Å². The highest BCUT2D eigenvalue weighted by Crippen LogP contribution is 2.42. The Balaban J connectivity index is 1.43. The van der Waals surface area contributed by atoms with E-state index in [1.54, 1.807) is 4.90 Å². The number of ether oxygens (including phenoxy) is 2. The molecule has 3 rings (SSSR count). The average Bonchev–Trinajstić information content (AvgIpc) is 3.03. The number of aryl methyl sites for hydroxylation is 1. The highest BCUT2D eigenvalue weighted by Gasteiger charge is 2.45. The molecule has 6 nitrogen and oxygen atoms in total. The van der Waals surface area contributed by atoms with Gasteiger partial charge in [0.25, 0.3) is 0 Å². The molecule has 0 saturated carbocycles. The molecule has 3 heterocycles. The standard InChI is InChI=1S/C21H33N3O3/c1-17-5-4-6-19(22-17)16-26-13-7-18-8-14-27-21(18)9-11-24(12-10-21)15-20(25)23(2)3/h4-6,18H,7-16H2,1-3H3. The van der Waals surface area contributed by atoms with E-state index in [1.807, 2.05) is 39.2 Å². The van der Waals surface area contributed by atoms with Gasteiger partial charge in [0.2, 0.25) is 5.91 Å². The third-order valence-corrected chi connectivity index (χ3v) is 5.97. The van der Waals surface area contributed by atoms with E-state index in [2.05, 4.69) is 9.88 Å². The molecule has 27 heavy (non-hydrogen) atoms. The lowest BCUT2D eigenvalue weighted by atomic mass is 9.78. The minimum absolute atomic E-state index is 0.0113. The van der Waals surface area contributed by atoms with Gasteiger partial charge in [0.1, 0.15) is 0 Å². The molecule has 1 spiro atoms. The van der Waals surface area contributed by atoms with Crippen molar-refractivity contribution in [2.75, 3.05) is 46.9 Å². The van der Waals surface area contributed by atoms with Crippen LogP contribution in [0.1, 0.15) is 37.1 Å². The first-order valence-electron chi connectivity index (χ1n) is 10.1. The second-order valence-corrected chi connectivity index (χ2v) is 8.07. The summed E-state index contributed by atoms with van der Waals surface area (Å²) in [5, 5.41) is 0. The van der Waals surface area contributed by atoms with Crippen molar-refractivity contribution in [3.8, 4) is 0 Å². The Morgan fingerprint density at radius 2 is 2.15 bits per heavy atom. The number of hydrogen-bond acceptors (Lipinski definition) is 5. The fraction of sp³-hybridized carbons (Fsp3) is 0.714. The molecule has 1 atom stereocenters. The number of amides is 1. The number of pyridine rings is 1. The summed E-state index contributed by atoms with van der Waals surface area (Å²) < 4.78 is 12.1. The molecule has 2 fully saturated rings.